The summed E-state index contributed by atoms with van der Waals surface area (Å²) in [5.41, 5.74) is -0.473. The molecular weight excluding hydrogens is 406 g/mol. The van der Waals surface area contributed by atoms with Crippen molar-refractivity contribution >= 4 is 21.8 Å². The van der Waals surface area contributed by atoms with E-state index in [-0.39, 0.29) is 17.3 Å². The first-order valence-corrected chi connectivity index (χ1v) is 11.2. The predicted molar refractivity (Wildman–Crippen MR) is 113 cm³/mol. The first-order valence-electron chi connectivity index (χ1n) is 9.72. The van der Waals surface area contributed by atoms with Crippen molar-refractivity contribution in [2.24, 2.45) is 0 Å². The maximum atomic E-state index is 13.0. The van der Waals surface area contributed by atoms with Crippen LogP contribution < -0.4 is 10.0 Å². The fraction of sp³-hybridized carbons (Fsp3) is 0.429. The molecule has 0 aliphatic heterocycles. The Labute approximate surface area is 177 Å². The standard InChI is InChI=1S/C21H29N3O5S/c1-5-18(20(26)23-21(2,3)4)24(15-16-10-9-13-29-16)19(25)14-22-30(27,28)17-11-7-6-8-12-17/h6-13,18,22H,5,14-15H2,1-4H3,(H,23,26). The molecule has 0 spiro atoms. The van der Waals surface area contributed by atoms with E-state index in [0.717, 1.165) is 0 Å². The SMILES string of the molecule is CCC(C(=O)NC(C)(C)C)N(Cc1ccco1)C(=O)CNS(=O)(=O)c1ccccc1. The lowest BCUT2D eigenvalue weighted by Crippen LogP contribution is -2.54. The first-order chi connectivity index (χ1) is 14.0. The molecule has 0 aliphatic rings. The number of rotatable bonds is 9. The fourth-order valence-electron chi connectivity index (χ4n) is 2.88. The Bertz CT molecular complexity index is 935. The van der Waals surface area contributed by atoms with E-state index in [0.29, 0.717) is 12.2 Å². The second-order valence-corrected chi connectivity index (χ2v) is 9.67. The normalized spacial score (nSPS) is 12.9. The van der Waals surface area contributed by atoms with E-state index in [1.54, 1.807) is 37.3 Å². The lowest BCUT2D eigenvalue weighted by atomic mass is 10.1. The Morgan fingerprint density at radius 3 is 2.30 bits per heavy atom. The highest BCUT2D eigenvalue weighted by Crippen LogP contribution is 2.14. The zero-order chi connectivity index (χ0) is 22.4. The Balaban J connectivity index is 2.20. The van der Waals surface area contributed by atoms with E-state index in [9.17, 15) is 18.0 Å². The summed E-state index contributed by atoms with van der Waals surface area (Å²) in [4.78, 5) is 27.2. The lowest BCUT2D eigenvalue weighted by molar-refractivity contribution is -0.141. The average molecular weight is 436 g/mol. The molecule has 1 heterocycles. The molecule has 2 rings (SSSR count). The monoisotopic (exact) mass is 435 g/mol. The first kappa shape index (κ1) is 23.6. The molecule has 2 amide bonds. The van der Waals surface area contributed by atoms with E-state index in [1.165, 1.54) is 23.3 Å². The molecule has 8 nitrogen and oxygen atoms in total. The summed E-state index contributed by atoms with van der Waals surface area (Å²) in [5.74, 6) is -0.339. The Morgan fingerprint density at radius 1 is 1.10 bits per heavy atom. The van der Waals surface area contributed by atoms with Crippen LogP contribution in [0, 0.1) is 0 Å². The molecule has 0 radical (unpaired) electrons. The van der Waals surface area contributed by atoms with Gasteiger partial charge in [0, 0.05) is 5.54 Å². The van der Waals surface area contributed by atoms with Crippen LogP contribution in [0.4, 0.5) is 0 Å². The number of sulfonamides is 1. The summed E-state index contributed by atoms with van der Waals surface area (Å²) < 4.78 is 32.6. The van der Waals surface area contributed by atoms with Crippen LogP contribution in [0.15, 0.2) is 58.0 Å². The average Bonchev–Trinajstić information content (AvgIpc) is 3.18. The summed E-state index contributed by atoms with van der Waals surface area (Å²) >= 11 is 0. The third kappa shape index (κ3) is 6.70. The highest BCUT2D eigenvalue weighted by Gasteiger charge is 2.31. The number of benzene rings is 1. The molecule has 30 heavy (non-hydrogen) atoms. The van der Waals surface area contributed by atoms with E-state index in [4.69, 9.17) is 4.42 Å². The fourth-order valence-corrected chi connectivity index (χ4v) is 3.88. The second-order valence-electron chi connectivity index (χ2n) is 7.90. The molecule has 2 aromatic rings. The second kappa shape index (κ2) is 9.90. The molecule has 0 saturated heterocycles. The minimum absolute atomic E-state index is 0.0506. The van der Waals surface area contributed by atoms with E-state index >= 15 is 0 Å². The van der Waals surface area contributed by atoms with Crippen LogP contribution in [0.3, 0.4) is 0 Å². The number of hydrogen-bond acceptors (Lipinski definition) is 5. The summed E-state index contributed by atoms with van der Waals surface area (Å²) in [5, 5.41) is 2.88. The molecule has 0 saturated carbocycles. The number of carbonyl (C=O) groups is 2. The van der Waals surface area contributed by atoms with Crippen LogP contribution in [0.25, 0.3) is 0 Å². The van der Waals surface area contributed by atoms with Crippen LogP contribution >= 0.6 is 0 Å². The van der Waals surface area contributed by atoms with Gasteiger partial charge in [-0.25, -0.2) is 13.1 Å². The number of nitrogens with zero attached hydrogens (tertiary/aromatic N) is 1. The van der Waals surface area contributed by atoms with Crippen LogP contribution in [0.5, 0.6) is 0 Å². The highest BCUT2D eigenvalue weighted by atomic mass is 32.2. The van der Waals surface area contributed by atoms with Gasteiger partial charge in [0.2, 0.25) is 21.8 Å². The third-order valence-corrected chi connectivity index (χ3v) is 5.67. The minimum Gasteiger partial charge on any atom is -0.467 e. The highest BCUT2D eigenvalue weighted by molar-refractivity contribution is 7.89. The number of carbonyl (C=O) groups excluding carboxylic acids is 2. The van der Waals surface area contributed by atoms with Crippen molar-refractivity contribution in [1.29, 1.82) is 0 Å². The molecule has 0 bridgehead atoms. The number of nitrogens with one attached hydrogen (secondary N) is 2. The molecule has 1 aromatic carbocycles. The molecule has 2 N–H and O–H groups in total. The Hall–Kier alpha value is -2.65. The maximum absolute atomic E-state index is 13.0. The van der Waals surface area contributed by atoms with E-state index < -0.39 is 34.1 Å². The topological polar surface area (TPSA) is 109 Å². The van der Waals surface area contributed by atoms with Gasteiger partial charge in [-0.2, -0.15) is 0 Å². The van der Waals surface area contributed by atoms with Crippen molar-refractivity contribution in [2.75, 3.05) is 6.54 Å². The molecular formula is C21H29N3O5S. The quantitative estimate of drug-likeness (QED) is 0.628. The minimum atomic E-state index is -3.85. The van der Waals surface area contributed by atoms with Gasteiger partial charge in [0.1, 0.15) is 11.8 Å². The zero-order valence-electron chi connectivity index (χ0n) is 17.7. The number of furan rings is 1. The van der Waals surface area contributed by atoms with Gasteiger partial charge in [0.05, 0.1) is 24.2 Å². The Kier molecular flexibility index (Phi) is 7.80. The van der Waals surface area contributed by atoms with Crippen LogP contribution in [-0.4, -0.2) is 43.3 Å². The molecule has 1 atom stereocenters. The molecule has 164 valence electrons. The molecule has 9 heteroatoms. The lowest BCUT2D eigenvalue weighted by Gasteiger charge is -2.32. The molecule has 0 aliphatic carbocycles. The van der Waals surface area contributed by atoms with Gasteiger partial charge in [-0.15, -0.1) is 0 Å². The van der Waals surface area contributed by atoms with Crippen molar-refractivity contribution in [2.45, 2.75) is 57.1 Å². The summed E-state index contributed by atoms with van der Waals surface area (Å²) in [6, 6.07) is 10.4. The Morgan fingerprint density at radius 2 is 1.77 bits per heavy atom. The van der Waals surface area contributed by atoms with E-state index in [2.05, 4.69) is 10.0 Å². The van der Waals surface area contributed by atoms with Gasteiger partial charge in [0.15, 0.2) is 0 Å². The molecule has 1 aromatic heterocycles. The third-order valence-electron chi connectivity index (χ3n) is 4.26. The van der Waals surface area contributed by atoms with Gasteiger partial charge in [-0.3, -0.25) is 9.59 Å². The van der Waals surface area contributed by atoms with Gasteiger partial charge < -0.3 is 14.6 Å². The summed E-state index contributed by atoms with van der Waals surface area (Å²) in [7, 11) is -3.85. The van der Waals surface area contributed by atoms with Crippen molar-refractivity contribution < 1.29 is 22.4 Å². The molecule has 0 fully saturated rings. The largest absolute Gasteiger partial charge is 0.467 e. The van der Waals surface area contributed by atoms with Crippen LogP contribution in [0.1, 0.15) is 39.9 Å². The smallest absolute Gasteiger partial charge is 0.243 e. The molecule has 1 unspecified atom stereocenters. The number of hydrogen-bond donors (Lipinski definition) is 2. The van der Waals surface area contributed by atoms with Crippen molar-refractivity contribution in [3.05, 3.63) is 54.5 Å². The van der Waals surface area contributed by atoms with Gasteiger partial charge in [0.25, 0.3) is 0 Å². The zero-order valence-corrected chi connectivity index (χ0v) is 18.5. The van der Waals surface area contributed by atoms with Gasteiger partial charge in [-0.1, -0.05) is 25.1 Å². The van der Waals surface area contributed by atoms with Crippen LogP contribution in [-0.2, 0) is 26.2 Å². The number of amides is 2. The maximum Gasteiger partial charge on any atom is 0.243 e. The summed E-state index contributed by atoms with van der Waals surface area (Å²) in [6.07, 6.45) is 1.84. The van der Waals surface area contributed by atoms with Crippen LogP contribution in [0.2, 0.25) is 0 Å². The van der Waals surface area contributed by atoms with Crippen molar-refractivity contribution in [3.8, 4) is 0 Å². The predicted octanol–water partition coefficient (Wildman–Crippen LogP) is 2.28. The van der Waals surface area contributed by atoms with Gasteiger partial charge >= 0.3 is 0 Å². The van der Waals surface area contributed by atoms with E-state index in [1.807, 2.05) is 20.8 Å². The summed E-state index contributed by atoms with van der Waals surface area (Å²) in [6.45, 7) is 6.93. The van der Waals surface area contributed by atoms with Crippen molar-refractivity contribution in [3.63, 3.8) is 0 Å². The van der Waals surface area contributed by atoms with Crippen molar-refractivity contribution in [1.82, 2.24) is 14.9 Å². The van der Waals surface area contributed by atoms with Gasteiger partial charge in [-0.05, 0) is 51.5 Å².